The summed E-state index contributed by atoms with van der Waals surface area (Å²) in [4.78, 5) is 30.1. The van der Waals surface area contributed by atoms with Crippen molar-refractivity contribution < 1.29 is 4.79 Å². The molecular weight excluding hydrogens is 318 g/mol. The summed E-state index contributed by atoms with van der Waals surface area (Å²) in [6.45, 7) is 0.377. The fraction of sp³-hybridized carbons (Fsp3) is 0.133. The largest absolute Gasteiger partial charge is 0.338 e. The van der Waals surface area contributed by atoms with Gasteiger partial charge in [-0.2, -0.15) is 3.96 Å². The van der Waals surface area contributed by atoms with E-state index in [9.17, 15) is 9.59 Å². The number of benzene rings is 1. The molecule has 0 aliphatic heterocycles. The maximum absolute atomic E-state index is 12.2. The fourth-order valence-electron chi connectivity index (χ4n) is 1.99. The molecule has 7 heteroatoms. The number of amides is 1. The molecule has 0 saturated heterocycles. The summed E-state index contributed by atoms with van der Waals surface area (Å²) in [5, 5.41) is 3.22. The number of fused-ring (bicyclic) bond motifs is 1. The van der Waals surface area contributed by atoms with Crippen LogP contribution in [0.1, 0.15) is 5.56 Å². The number of rotatable bonds is 3. The molecule has 0 fully saturated rings. The third-order valence-corrected chi connectivity index (χ3v) is 4.91. The molecule has 1 aromatic carbocycles. The number of carbonyl (C=O) groups excluding carboxylic acids is 1. The van der Waals surface area contributed by atoms with Crippen molar-refractivity contribution in [2.75, 3.05) is 6.26 Å². The second kappa shape index (κ2) is 6.33. The average Bonchev–Trinajstić information content (AvgIpc) is 2.90. The quantitative estimate of drug-likeness (QED) is 0.750. The Morgan fingerprint density at radius 1 is 1.32 bits per heavy atom. The van der Waals surface area contributed by atoms with E-state index in [1.54, 1.807) is 30.1 Å². The molecule has 0 saturated carbocycles. The SMILES string of the molecule is CSc1ccc(CNC(=O)n2sc3ncccc3c2=O)cc1. The third kappa shape index (κ3) is 2.90. The third-order valence-electron chi connectivity index (χ3n) is 3.15. The lowest BCUT2D eigenvalue weighted by atomic mass is 10.2. The first-order valence-corrected chi connectivity index (χ1v) is 8.57. The molecule has 0 aliphatic rings. The number of carbonyl (C=O) groups is 1. The molecule has 0 bridgehead atoms. The maximum Gasteiger partial charge on any atom is 0.338 e. The van der Waals surface area contributed by atoms with Gasteiger partial charge < -0.3 is 5.32 Å². The van der Waals surface area contributed by atoms with Gasteiger partial charge in [0.1, 0.15) is 4.83 Å². The summed E-state index contributed by atoms with van der Waals surface area (Å²) in [7, 11) is 0. The maximum atomic E-state index is 12.2. The highest BCUT2D eigenvalue weighted by molar-refractivity contribution is 7.98. The zero-order valence-corrected chi connectivity index (χ0v) is 13.4. The molecule has 0 spiro atoms. The lowest BCUT2D eigenvalue weighted by Gasteiger charge is -2.05. The van der Waals surface area contributed by atoms with Gasteiger partial charge in [-0.25, -0.2) is 9.78 Å². The van der Waals surface area contributed by atoms with E-state index in [1.165, 1.54) is 4.90 Å². The first-order chi connectivity index (χ1) is 10.7. The average molecular weight is 331 g/mol. The Hall–Kier alpha value is -2.12. The van der Waals surface area contributed by atoms with Crippen molar-refractivity contribution in [1.82, 2.24) is 14.3 Å². The predicted molar refractivity (Wildman–Crippen MR) is 89.7 cm³/mol. The van der Waals surface area contributed by atoms with E-state index in [2.05, 4.69) is 10.3 Å². The Morgan fingerprint density at radius 3 is 2.77 bits per heavy atom. The Kier molecular flexibility index (Phi) is 4.26. The van der Waals surface area contributed by atoms with Gasteiger partial charge in [0, 0.05) is 17.6 Å². The molecule has 3 rings (SSSR count). The van der Waals surface area contributed by atoms with Gasteiger partial charge in [0.15, 0.2) is 0 Å². The van der Waals surface area contributed by atoms with E-state index < -0.39 is 6.03 Å². The van der Waals surface area contributed by atoms with Crippen LogP contribution in [0.4, 0.5) is 4.79 Å². The monoisotopic (exact) mass is 331 g/mol. The van der Waals surface area contributed by atoms with Crippen molar-refractivity contribution in [2.45, 2.75) is 11.4 Å². The minimum absolute atomic E-state index is 0.330. The van der Waals surface area contributed by atoms with Gasteiger partial charge in [-0.1, -0.05) is 12.1 Å². The van der Waals surface area contributed by atoms with Crippen LogP contribution >= 0.6 is 23.3 Å². The van der Waals surface area contributed by atoms with Gasteiger partial charge in [-0.05, 0) is 47.6 Å². The van der Waals surface area contributed by atoms with Crippen LogP contribution in [0.25, 0.3) is 10.2 Å². The van der Waals surface area contributed by atoms with Crippen molar-refractivity contribution >= 4 is 39.5 Å². The van der Waals surface area contributed by atoms with Crippen molar-refractivity contribution in [3.63, 3.8) is 0 Å². The lowest BCUT2D eigenvalue weighted by Crippen LogP contribution is -2.32. The van der Waals surface area contributed by atoms with Crippen LogP contribution in [-0.2, 0) is 6.54 Å². The van der Waals surface area contributed by atoms with Crippen LogP contribution in [0.3, 0.4) is 0 Å². The molecule has 3 aromatic rings. The number of hydrogen-bond donors (Lipinski definition) is 1. The van der Waals surface area contributed by atoms with Gasteiger partial charge in [-0.3, -0.25) is 4.79 Å². The number of nitrogens with one attached hydrogen (secondary N) is 1. The molecule has 0 atom stereocenters. The molecule has 0 radical (unpaired) electrons. The summed E-state index contributed by atoms with van der Waals surface area (Å²) in [5.74, 6) is 0. The van der Waals surface area contributed by atoms with E-state index in [4.69, 9.17) is 0 Å². The van der Waals surface area contributed by atoms with Crippen LogP contribution < -0.4 is 10.9 Å². The number of thioether (sulfide) groups is 1. The second-order valence-corrected chi connectivity index (χ2v) is 6.37. The summed E-state index contributed by atoms with van der Waals surface area (Å²) in [6, 6.07) is 10.9. The molecule has 0 unspecified atom stereocenters. The van der Waals surface area contributed by atoms with E-state index in [1.807, 2.05) is 30.5 Å². The molecule has 2 aromatic heterocycles. The summed E-state index contributed by atoms with van der Waals surface area (Å²) in [5.41, 5.74) is 0.654. The van der Waals surface area contributed by atoms with Gasteiger partial charge in [0.25, 0.3) is 5.56 Å². The van der Waals surface area contributed by atoms with Gasteiger partial charge in [0.2, 0.25) is 0 Å². The molecule has 2 heterocycles. The highest BCUT2D eigenvalue weighted by atomic mass is 32.2. The molecule has 5 nitrogen and oxygen atoms in total. The molecule has 1 N–H and O–H groups in total. The van der Waals surface area contributed by atoms with Crippen molar-refractivity contribution in [3.8, 4) is 0 Å². The van der Waals surface area contributed by atoms with Crippen molar-refractivity contribution in [1.29, 1.82) is 0 Å². The van der Waals surface area contributed by atoms with E-state index in [-0.39, 0.29) is 5.56 Å². The topological polar surface area (TPSA) is 64.0 Å². The Morgan fingerprint density at radius 2 is 2.09 bits per heavy atom. The minimum Gasteiger partial charge on any atom is -0.333 e. The molecular formula is C15H13N3O2S2. The molecule has 22 heavy (non-hydrogen) atoms. The van der Waals surface area contributed by atoms with E-state index in [0.717, 1.165) is 21.1 Å². The van der Waals surface area contributed by atoms with Crippen LogP contribution in [0, 0.1) is 0 Å². The number of aromatic nitrogens is 2. The lowest BCUT2D eigenvalue weighted by molar-refractivity contribution is 0.243. The van der Waals surface area contributed by atoms with Gasteiger partial charge in [0.05, 0.1) is 5.39 Å². The highest BCUT2D eigenvalue weighted by Crippen LogP contribution is 2.15. The van der Waals surface area contributed by atoms with Crippen LogP contribution in [-0.4, -0.2) is 21.2 Å². The van der Waals surface area contributed by atoms with Crippen molar-refractivity contribution in [2.24, 2.45) is 0 Å². The number of hydrogen-bond acceptors (Lipinski definition) is 5. The Bertz CT molecular complexity index is 868. The van der Waals surface area contributed by atoms with Crippen LogP contribution in [0.2, 0.25) is 0 Å². The summed E-state index contributed by atoms with van der Waals surface area (Å²) < 4.78 is 1.11. The zero-order chi connectivity index (χ0) is 15.5. The first-order valence-electron chi connectivity index (χ1n) is 6.57. The first kappa shape index (κ1) is 14.8. The number of nitrogens with zero attached hydrogens (tertiary/aromatic N) is 2. The van der Waals surface area contributed by atoms with Gasteiger partial charge >= 0.3 is 6.03 Å². The van der Waals surface area contributed by atoms with E-state index >= 15 is 0 Å². The fourth-order valence-corrected chi connectivity index (χ4v) is 3.26. The minimum atomic E-state index is -0.429. The van der Waals surface area contributed by atoms with Crippen LogP contribution in [0.15, 0.2) is 52.3 Å². The van der Waals surface area contributed by atoms with Crippen LogP contribution in [0.5, 0.6) is 0 Å². The summed E-state index contributed by atoms with van der Waals surface area (Å²) in [6.07, 6.45) is 3.62. The Balaban J connectivity index is 1.75. The zero-order valence-electron chi connectivity index (χ0n) is 11.8. The standard InChI is InChI=1S/C15H13N3O2S2/c1-21-11-6-4-10(5-7-11)9-17-15(20)18-14(19)12-3-2-8-16-13(12)22-18/h2-8H,9H2,1H3,(H,17,20). The van der Waals surface area contributed by atoms with Crippen molar-refractivity contribution in [3.05, 3.63) is 58.5 Å². The Labute approximate surface area is 135 Å². The summed E-state index contributed by atoms with van der Waals surface area (Å²) >= 11 is 2.72. The predicted octanol–water partition coefficient (Wildman–Crippen LogP) is 2.94. The number of pyridine rings is 1. The van der Waals surface area contributed by atoms with Gasteiger partial charge in [-0.15, -0.1) is 11.8 Å². The van der Waals surface area contributed by atoms with E-state index in [0.29, 0.717) is 16.8 Å². The molecule has 1 amide bonds. The molecule has 0 aliphatic carbocycles. The smallest absolute Gasteiger partial charge is 0.333 e. The highest BCUT2D eigenvalue weighted by Gasteiger charge is 2.13. The molecule has 112 valence electrons. The normalized spacial score (nSPS) is 10.8. The second-order valence-electron chi connectivity index (χ2n) is 4.55.